The number of amides is 1. The van der Waals surface area contributed by atoms with Gasteiger partial charge in [-0.3, -0.25) is 9.69 Å². The minimum Gasteiger partial charge on any atom is -0.295 e. The molecule has 7 heteroatoms. The second-order valence-electron chi connectivity index (χ2n) is 4.89. The predicted octanol–water partition coefficient (Wildman–Crippen LogP) is 1.50. The van der Waals surface area contributed by atoms with E-state index in [0.29, 0.717) is 35.9 Å². The van der Waals surface area contributed by atoms with Gasteiger partial charge in [0.1, 0.15) is 11.6 Å². The lowest BCUT2D eigenvalue weighted by Gasteiger charge is -2.18. The summed E-state index contributed by atoms with van der Waals surface area (Å²) in [5.74, 6) is 0.989. The fourth-order valence-corrected chi connectivity index (χ4v) is 2.67. The summed E-state index contributed by atoms with van der Waals surface area (Å²) >= 11 is 5.84. The van der Waals surface area contributed by atoms with E-state index in [0.717, 1.165) is 5.69 Å². The number of fused-ring (bicyclic) bond motifs is 1. The highest BCUT2D eigenvalue weighted by atomic mass is 35.5. The maximum Gasteiger partial charge on any atom is 0.228 e. The molecule has 1 fully saturated rings. The lowest BCUT2D eigenvalue weighted by Crippen LogP contribution is -2.28. The molecule has 0 radical (unpaired) electrons. The summed E-state index contributed by atoms with van der Waals surface area (Å²) in [6, 6.07) is 3.89. The number of carbonyl (C=O) groups is 1. The largest absolute Gasteiger partial charge is 0.295 e. The number of alkyl halides is 1. The molecule has 3 heterocycles. The van der Waals surface area contributed by atoms with Crippen LogP contribution in [0, 0.1) is 24.2 Å². The Bertz CT molecular complexity index is 732. The second kappa shape index (κ2) is 4.76. The zero-order valence-electron chi connectivity index (χ0n) is 10.9. The topological polar surface area (TPSA) is 74.3 Å². The van der Waals surface area contributed by atoms with Gasteiger partial charge in [-0.2, -0.15) is 14.9 Å². The van der Waals surface area contributed by atoms with E-state index in [1.165, 1.54) is 6.20 Å². The first-order valence-electron chi connectivity index (χ1n) is 6.26. The summed E-state index contributed by atoms with van der Waals surface area (Å²) in [6.45, 7) is 2.35. The molecule has 0 aliphatic carbocycles. The van der Waals surface area contributed by atoms with E-state index in [2.05, 4.69) is 16.2 Å². The number of hydrogen-bond donors (Lipinski definition) is 0. The van der Waals surface area contributed by atoms with Gasteiger partial charge in [0.15, 0.2) is 11.5 Å². The molecule has 1 saturated heterocycles. The third-order valence-corrected chi connectivity index (χ3v) is 3.82. The molecule has 0 bridgehead atoms. The quantitative estimate of drug-likeness (QED) is 0.785. The highest BCUT2D eigenvalue weighted by Crippen LogP contribution is 2.28. The van der Waals surface area contributed by atoms with Crippen LogP contribution in [0.3, 0.4) is 0 Å². The third-order valence-electron chi connectivity index (χ3n) is 3.38. The minimum atomic E-state index is -0.0344. The molecule has 1 atom stereocenters. The van der Waals surface area contributed by atoms with Crippen LogP contribution in [0.15, 0.2) is 12.3 Å². The van der Waals surface area contributed by atoms with E-state index < -0.39 is 0 Å². The number of carbonyl (C=O) groups excluding carboxylic acids is 1. The number of anilines is 1. The van der Waals surface area contributed by atoms with E-state index in [9.17, 15) is 10.1 Å². The average Bonchev–Trinajstić information content (AvgIpc) is 2.99. The van der Waals surface area contributed by atoms with Crippen molar-refractivity contribution in [2.75, 3.05) is 17.3 Å². The van der Waals surface area contributed by atoms with Crippen molar-refractivity contribution in [2.24, 2.45) is 5.92 Å². The van der Waals surface area contributed by atoms with Gasteiger partial charge < -0.3 is 0 Å². The van der Waals surface area contributed by atoms with Crippen LogP contribution in [0.4, 0.5) is 5.82 Å². The molecule has 1 unspecified atom stereocenters. The summed E-state index contributed by atoms with van der Waals surface area (Å²) in [5.41, 5.74) is 1.75. The van der Waals surface area contributed by atoms with E-state index >= 15 is 0 Å². The molecule has 1 aliphatic heterocycles. The van der Waals surface area contributed by atoms with Gasteiger partial charge in [0.05, 0.1) is 11.9 Å². The van der Waals surface area contributed by atoms with E-state index in [1.807, 2.05) is 13.0 Å². The molecular formula is C13H12ClN5O. The first-order valence-corrected chi connectivity index (χ1v) is 6.79. The molecule has 2 aromatic heterocycles. The van der Waals surface area contributed by atoms with E-state index in [4.69, 9.17) is 11.6 Å². The van der Waals surface area contributed by atoms with Crippen LogP contribution >= 0.6 is 11.6 Å². The van der Waals surface area contributed by atoms with Crippen LogP contribution in [0.5, 0.6) is 0 Å². The summed E-state index contributed by atoms with van der Waals surface area (Å²) < 4.78 is 1.56. The Morgan fingerprint density at radius 3 is 3.05 bits per heavy atom. The van der Waals surface area contributed by atoms with Gasteiger partial charge in [-0.15, -0.1) is 11.6 Å². The molecule has 20 heavy (non-hydrogen) atoms. The van der Waals surface area contributed by atoms with E-state index in [-0.39, 0.29) is 11.8 Å². The molecule has 0 aromatic carbocycles. The van der Waals surface area contributed by atoms with Crippen molar-refractivity contribution < 1.29 is 4.79 Å². The highest BCUT2D eigenvalue weighted by molar-refractivity contribution is 6.18. The van der Waals surface area contributed by atoms with Crippen molar-refractivity contribution in [1.29, 1.82) is 5.26 Å². The molecule has 0 N–H and O–H groups in total. The van der Waals surface area contributed by atoms with Crippen molar-refractivity contribution in [2.45, 2.75) is 13.3 Å². The van der Waals surface area contributed by atoms with Crippen LogP contribution in [-0.4, -0.2) is 32.9 Å². The summed E-state index contributed by atoms with van der Waals surface area (Å²) in [4.78, 5) is 17.9. The van der Waals surface area contributed by atoms with Gasteiger partial charge >= 0.3 is 0 Å². The fraction of sp³-hybridized carbons (Fsp3) is 0.385. The Balaban J connectivity index is 2.19. The lowest BCUT2D eigenvalue weighted by atomic mass is 10.1. The molecule has 0 spiro atoms. The Kier molecular flexibility index (Phi) is 3.07. The van der Waals surface area contributed by atoms with Crippen molar-refractivity contribution in [1.82, 2.24) is 14.6 Å². The maximum absolute atomic E-state index is 12.2. The second-order valence-corrected chi connectivity index (χ2v) is 5.20. The van der Waals surface area contributed by atoms with Crippen LogP contribution in [0.1, 0.15) is 17.7 Å². The number of hydrogen-bond acceptors (Lipinski definition) is 4. The summed E-state index contributed by atoms with van der Waals surface area (Å²) in [6.07, 6.45) is 1.88. The number of halogens is 1. The smallest absolute Gasteiger partial charge is 0.228 e. The Hall–Kier alpha value is -2.13. The fourth-order valence-electron chi connectivity index (χ4n) is 2.46. The van der Waals surface area contributed by atoms with Crippen molar-refractivity contribution in [3.63, 3.8) is 0 Å². The van der Waals surface area contributed by atoms with Crippen LogP contribution in [0.2, 0.25) is 0 Å². The minimum absolute atomic E-state index is 0.0344. The van der Waals surface area contributed by atoms with Crippen LogP contribution in [0.25, 0.3) is 5.65 Å². The Morgan fingerprint density at radius 1 is 1.60 bits per heavy atom. The first-order chi connectivity index (χ1) is 9.63. The summed E-state index contributed by atoms with van der Waals surface area (Å²) in [5, 5.41) is 13.6. The SMILES string of the molecule is Cc1cc2ncc(C#N)c(N3CC(CCl)CC3=O)n2n1. The van der Waals surface area contributed by atoms with Crippen LogP contribution in [-0.2, 0) is 4.79 Å². The zero-order valence-corrected chi connectivity index (χ0v) is 11.6. The zero-order chi connectivity index (χ0) is 14.3. The first kappa shape index (κ1) is 12.9. The molecular weight excluding hydrogens is 278 g/mol. The molecule has 1 aliphatic rings. The molecule has 0 saturated carbocycles. The van der Waals surface area contributed by atoms with Gasteiger partial charge in [-0.1, -0.05) is 0 Å². The number of aryl methyl sites for hydroxylation is 1. The average molecular weight is 290 g/mol. The van der Waals surface area contributed by atoms with Crippen molar-refractivity contribution in [3.05, 3.63) is 23.5 Å². The van der Waals surface area contributed by atoms with Gasteiger partial charge in [-0.05, 0) is 12.8 Å². The Morgan fingerprint density at radius 2 is 2.40 bits per heavy atom. The van der Waals surface area contributed by atoms with E-state index in [1.54, 1.807) is 9.42 Å². The van der Waals surface area contributed by atoms with Gasteiger partial charge in [0.2, 0.25) is 5.91 Å². The summed E-state index contributed by atoms with van der Waals surface area (Å²) in [7, 11) is 0. The van der Waals surface area contributed by atoms with Crippen molar-refractivity contribution in [3.8, 4) is 6.07 Å². The Labute approximate surface area is 120 Å². The number of nitrogens with zero attached hydrogens (tertiary/aromatic N) is 5. The molecule has 1 amide bonds. The molecule has 6 nitrogen and oxygen atoms in total. The van der Waals surface area contributed by atoms with Gasteiger partial charge in [-0.25, -0.2) is 4.98 Å². The van der Waals surface area contributed by atoms with Gasteiger partial charge in [0, 0.05) is 24.9 Å². The number of aromatic nitrogens is 3. The number of nitriles is 1. The predicted molar refractivity (Wildman–Crippen MR) is 73.6 cm³/mol. The molecule has 3 rings (SSSR count). The normalized spacial score (nSPS) is 18.8. The van der Waals surface area contributed by atoms with Crippen molar-refractivity contribution >= 4 is 29.0 Å². The highest BCUT2D eigenvalue weighted by Gasteiger charge is 2.33. The molecule has 102 valence electrons. The maximum atomic E-state index is 12.2. The lowest BCUT2D eigenvalue weighted by molar-refractivity contribution is -0.117. The monoisotopic (exact) mass is 289 g/mol. The van der Waals surface area contributed by atoms with Gasteiger partial charge in [0.25, 0.3) is 0 Å². The molecule has 2 aromatic rings. The third kappa shape index (κ3) is 1.91. The standard InChI is InChI=1S/C13H12ClN5O/c1-8-2-11-16-6-10(5-15)13(19(11)17-8)18-7-9(4-14)3-12(18)20/h2,6,9H,3-4,7H2,1H3. The van der Waals surface area contributed by atoms with Crippen LogP contribution < -0.4 is 4.90 Å². The number of rotatable bonds is 2.